The maximum Gasteiger partial charge on any atom is 0.0702 e. The van der Waals surface area contributed by atoms with E-state index >= 15 is 0 Å². The third kappa shape index (κ3) is 6.05. The highest BCUT2D eigenvalue weighted by molar-refractivity contribution is 4.91. The van der Waals surface area contributed by atoms with Crippen LogP contribution in [0.25, 0.3) is 0 Å². The molecule has 0 aromatic heterocycles. The third-order valence-electron chi connectivity index (χ3n) is 3.43. The number of hydrogen-bond donors (Lipinski definition) is 0. The van der Waals surface area contributed by atoms with Gasteiger partial charge in [-0.3, -0.25) is 0 Å². The normalized spacial score (nSPS) is 20.8. The molecule has 1 aliphatic heterocycles. The molecule has 0 radical (unpaired) electrons. The Morgan fingerprint density at radius 3 is 2.76 bits per heavy atom. The minimum Gasteiger partial charge on any atom is -0.377 e. The zero-order valence-corrected chi connectivity index (χ0v) is 11.5. The first-order chi connectivity index (χ1) is 8.03. The molecule has 0 bridgehead atoms. The zero-order valence-electron chi connectivity index (χ0n) is 11.5. The SMILES string of the molecule is CN(CCCCC(C)(C)C#N)CC1CCCO1. The predicted molar refractivity (Wildman–Crippen MR) is 69.7 cm³/mol. The minimum atomic E-state index is -0.160. The molecule has 0 aromatic carbocycles. The molecule has 1 unspecified atom stereocenters. The molecular weight excluding hydrogens is 212 g/mol. The fourth-order valence-corrected chi connectivity index (χ4v) is 2.23. The van der Waals surface area contributed by atoms with Gasteiger partial charge in [-0.1, -0.05) is 6.42 Å². The minimum absolute atomic E-state index is 0.160. The summed E-state index contributed by atoms with van der Waals surface area (Å²) in [6, 6.07) is 2.35. The van der Waals surface area contributed by atoms with E-state index in [0.29, 0.717) is 6.10 Å². The van der Waals surface area contributed by atoms with E-state index in [1.165, 1.54) is 19.3 Å². The van der Waals surface area contributed by atoms with Crippen molar-refractivity contribution in [3.63, 3.8) is 0 Å². The highest BCUT2D eigenvalue weighted by atomic mass is 16.5. The van der Waals surface area contributed by atoms with E-state index in [0.717, 1.165) is 32.5 Å². The number of rotatable bonds is 7. The molecule has 0 aliphatic carbocycles. The average molecular weight is 238 g/mol. The van der Waals surface area contributed by atoms with Crippen molar-refractivity contribution < 1.29 is 4.74 Å². The Morgan fingerprint density at radius 1 is 1.41 bits per heavy atom. The van der Waals surface area contributed by atoms with Crippen molar-refractivity contribution in [2.75, 3.05) is 26.7 Å². The summed E-state index contributed by atoms with van der Waals surface area (Å²) in [5.74, 6) is 0. The van der Waals surface area contributed by atoms with Gasteiger partial charge in [0.1, 0.15) is 0 Å². The lowest BCUT2D eigenvalue weighted by molar-refractivity contribution is 0.0806. The van der Waals surface area contributed by atoms with E-state index in [1.807, 2.05) is 13.8 Å². The Bertz CT molecular complexity index is 251. The number of hydrogen-bond acceptors (Lipinski definition) is 3. The Kier molecular flexibility index (Phi) is 5.94. The first-order valence-corrected chi connectivity index (χ1v) is 6.75. The van der Waals surface area contributed by atoms with E-state index in [1.54, 1.807) is 0 Å². The summed E-state index contributed by atoms with van der Waals surface area (Å²) in [7, 11) is 2.16. The summed E-state index contributed by atoms with van der Waals surface area (Å²) in [6.07, 6.45) is 6.19. The van der Waals surface area contributed by atoms with Crippen molar-refractivity contribution in [1.82, 2.24) is 4.90 Å². The summed E-state index contributed by atoms with van der Waals surface area (Å²) in [6.45, 7) is 7.14. The average Bonchev–Trinajstić information content (AvgIpc) is 2.77. The fraction of sp³-hybridized carbons (Fsp3) is 0.929. The molecule has 0 spiro atoms. The van der Waals surface area contributed by atoms with Crippen molar-refractivity contribution >= 4 is 0 Å². The van der Waals surface area contributed by atoms with E-state index in [2.05, 4.69) is 18.0 Å². The van der Waals surface area contributed by atoms with Crippen molar-refractivity contribution in [2.24, 2.45) is 5.41 Å². The van der Waals surface area contributed by atoms with Gasteiger partial charge in [-0.15, -0.1) is 0 Å². The van der Waals surface area contributed by atoms with Crippen molar-refractivity contribution in [3.05, 3.63) is 0 Å². The number of likely N-dealkylation sites (N-methyl/N-ethyl adjacent to an activating group) is 1. The first-order valence-electron chi connectivity index (χ1n) is 6.75. The van der Waals surface area contributed by atoms with Gasteiger partial charge >= 0.3 is 0 Å². The molecule has 0 aromatic rings. The largest absolute Gasteiger partial charge is 0.377 e. The topological polar surface area (TPSA) is 36.3 Å². The van der Waals surface area contributed by atoms with Crippen LogP contribution in [0.2, 0.25) is 0 Å². The second-order valence-electron chi connectivity index (χ2n) is 5.85. The van der Waals surface area contributed by atoms with E-state index < -0.39 is 0 Å². The van der Waals surface area contributed by atoms with Crippen LogP contribution in [0.4, 0.5) is 0 Å². The lowest BCUT2D eigenvalue weighted by atomic mass is 9.89. The smallest absolute Gasteiger partial charge is 0.0702 e. The zero-order chi connectivity index (χ0) is 12.7. The third-order valence-corrected chi connectivity index (χ3v) is 3.43. The lowest BCUT2D eigenvalue weighted by Crippen LogP contribution is -2.29. The quantitative estimate of drug-likeness (QED) is 0.640. The van der Waals surface area contributed by atoms with Gasteiger partial charge in [0.25, 0.3) is 0 Å². The molecule has 17 heavy (non-hydrogen) atoms. The lowest BCUT2D eigenvalue weighted by Gasteiger charge is -2.21. The molecule has 1 aliphatic rings. The van der Waals surface area contributed by atoms with E-state index in [4.69, 9.17) is 10.00 Å². The number of unbranched alkanes of at least 4 members (excludes halogenated alkanes) is 1. The maximum absolute atomic E-state index is 8.92. The van der Waals surface area contributed by atoms with Crippen molar-refractivity contribution in [3.8, 4) is 6.07 Å². The molecule has 0 amide bonds. The van der Waals surface area contributed by atoms with Crippen LogP contribution in [0.1, 0.15) is 46.0 Å². The fourth-order valence-electron chi connectivity index (χ4n) is 2.23. The monoisotopic (exact) mass is 238 g/mol. The van der Waals surface area contributed by atoms with Crippen LogP contribution >= 0.6 is 0 Å². The second-order valence-corrected chi connectivity index (χ2v) is 5.85. The highest BCUT2D eigenvalue weighted by Gasteiger charge is 2.18. The van der Waals surface area contributed by atoms with Crippen LogP contribution < -0.4 is 0 Å². The molecule has 0 N–H and O–H groups in total. The molecule has 0 saturated carbocycles. The standard InChI is InChI=1S/C14H26N2O/c1-14(2,12-15)8-4-5-9-16(3)11-13-7-6-10-17-13/h13H,4-11H2,1-3H3. The van der Waals surface area contributed by atoms with Crippen LogP contribution in [0, 0.1) is 16.7 Å². The predicted octanol–water partition coefficient (Wildman–Crippen LogP) is 2.82. The summed E-state index contributed by atoms with van der Waals surface area (Å²) in [4.78, 5) is 2.36. The van der Waals surface area contributed by atoms with Gasteiger partial charge in [-0.2, -0.15) is 5.26 Å². The number of nitrogens with zero attached hydrogens (tertiary/aromatic N) is 2. The van der Waals surface area contributed by atoms with Crippen molar-refractivity contribution in [1.29, 1.82) is 5.26 Å². The Hall–Kier alpha value is -0.590. The molecule has 98 valence electrons. The van der Waals surface area contributed by atoms with Gasteiger partial charge < -0.3 is 9.64 Å². The second kappa shape index (κ2) is 6.98. The molecule has 1 atom stereocenters. The number of ether oxygens (including phenoxy) is 1. The van der Waals surface area contributed by atoms with Crippen LogP contribution in [0.3, 0.4) is 0 Å². The molecule has 1 fully saturated rings. The molecule has 3 nitrogen and oxygen atoms in total. The van der Waals surface area contributed by atoms with Crippen LogP contribution in [-0.2, 0) is 4.74 Å². The molecule has 3 heteroatoms. The van der Waals surface area contributed by atoms with Crippen molar-refractivity contribution in [2.45, 2.75) is 52.1 Å². The van der Waals surface area contributed by atoms with Crippen LogP contribution in [-0.4, -0.2) is 37.7 Å². The first kappa shape index (κ1) is 14.5. The van der Waals surface area contributed by atoms with E-state index in [-0.39, 0.29) is 5.41 Å². The van der Waals surface area contributed by atoms with Gasteiger partial charge in [-0.05, 0) is 53.1 Å². The van der Waals surface area contributed by atoms with Crippen LogP contribution in [0.5, 0.6) is 0 Å². The van der Waals surface area contributed by atoms with E-state index in [9.17, 15) is 0 Å². The highest BCUT2D eigenvalue weighted by Crippen LogP contribution is 2.21. The van der Waals surface area contributed by atoms with Gasteiger partial charge in [0.2, 0.25) is 0 Å². The summed E-state index contributed by atoms with van der Waals surface area (Å²) < 4.78 is 5.62. The van der Waals surface area contributed by atoms with Gasteiger partial charge in [0.05, 0.1) is 17.6 Å². The molecule has 1 heterocycles. The van der Waals surface area contributed by atoms with Gasteiger partial charge in [0, 0.05) is 13.2 Å². The molecule has 1 saturated heterocycles. The summed E-state index contributed by atoms with van der Waals surface area (Å²) in [5.41, 5.74) is -0.160. The Labute approximate surface area is 106 Å². The summed E-state index contributed by atoms with van der Waals surface area (Å²) >= 11 is 0. The molecular formula is C14H26N2O. The van der Waals surface area contributed by atoms with Crippen LogP contribution in [0.15, 0.2) is 0 Å². The molecule has 1 rings (SSSR count). The number of nitriles is 1. The van der Waals surface area contributed by atoms with Gasteiger partial charge in [0.15, 0.2) is 0 Å². The maximum atomic E-state index is 8.92. The van der Waals surface area contributed by atoms with Gasteiger partial charge in [-0.25, -0.2) is 0 Å². The Morgan fingerprint density at radius 2 is 2.18 bits per heavy atom. The summed E-state index contributed by atoms with van der Waals surface area (Å²) in [5, 5.41) is 8.92. The Balaban J connectivity index is 2.04.